The lowest BCUT2D eigenvalue weighted by Crippen LogP contribution is -2.50. The summed E-state index contributed by atoms with van der Waals surface area (Å²) in [5.74, 6) is 0.102. The third-order valence-electron chi connectivity index (χ3n) is 3.44. The minimum Gasteiger partial charge on any atom is -0.316 e. The Labute approximate surface area is 101 Å². The van der Waals surface area contributed by atoms with E-state index in [0.29, 0.717) is 11.6 Å². The minimum atomic E-state index is -0.319. The van der Waals surface area contributed by atoms with Gasteiger partial charge in [-0.15, -0.1) is 0 Å². The highest BCUT2D eigenvalue weighted by atomic mass is 19.1. The third-order valence-corrected chi connectivity index (χ3v) is 3.44. The van der Waals surface area contributed by atoms with E-state index in [1.54, 1.807) is 19.2 Å². The molecule has 0 radical (unpaired) electrons. The van der Waals surface area contributed by atoms with Gasteiger partial charge in [0.25, 0.3) is 0 Å². The first-order valence-electron chi connectivity index (χ1n) is 5.83. The first-order chi connectivity index (χ1) is 8.09. The van der Waals surface area contributed by atoms with Crippen LogP contribution in [-0.4, -0.2) is 26.0 Å². The number of nitrogens with zero attached hydrogens (tertiary/aromatic N) is 1. The summed E-state index contributed by atoms with van der Waals surface area (Å²) < 4.78 is 13.1. The van der Waals surface area contributed by atoms with Gasteiger partial charge in [0.1, 0.15) is 5.82 Å². The molecule has 2 rings (SSSR count). The molecular weight excluding hydrogens is 219 g/mol. The van der Waals surface area contributed by atoms with Crippen LogP contribution < -0.4 is 10.2 Å². The summed E-state index contributed by atoms with van der Waals surface area (Å²) in [6, 6.07) is 6.11. The number of carbonyl (C=O) groups is 1. The van der Waals surface area contributed by atoms with E-state index in [9.17, 15) is 9.18 Å². The Hall–Kier alpha value is -1.42. The normalized spacial score (nSPS) is 17.4. The summed E-state index contributed by atoms with van der Waals surface area (Å²) in [5.41, 5.74) is 0.606. The number of halogens is 1. The lowest BCUT2D eigenvalue weighted by atomic mass is 9.88. The second kappa shape index (κ2) is 4.84. The average Bonchev–Trinajstić information content (AvgIpc) is 2.24. The topological polar surface area (TPSA) is 32.3 Å². The van der Waals surface area contributed by atoms with Crippen molar-refractivity contribution in [2.75, 3.05) is 25.0 Å². The number of amides is 1. The summed E-state index contributed by atoms with van der Waals surface area (Å²) >= 11 is 0. The minimum absolute atomic E-state index is 0.0236. The van der Waals surface area contributed by atoms with E-state index in [0.717, 1.165) is 13.1 Å². The summed E-state index contributed by atoms with van der Waals surface area (Å²) in [7, 11) is 1.69. The molecule has 1 aliphatic heterocycles. The van der Waals surface area contributed by atoms with Crippen molar-refractivity contribution in [2.45, 2.75) is 6.92 Å². The molecule has 1 fully saturated rings. The van der Waals surface area contributed by atoms with Crippen molar-refractivity contribution in [3.8, 4) is 0 Å². The quantitative estimate of drug-likeness (QED) is 0.865. The van der Waals surface area contributed by atoms with Crippen LogP contribution in [0.2, 0.25) is 0 Å². The summed E-state index contributed by atoms with van der Waals surface area (Å²) in [5, 5.41) is 3.15. The molecule has 92 valence electrons. The number of rotatable bonds is 3. The molecule has 0 bridgehead atoms. The second-order valence-corrected chi connectivity index (χ2v) is 4.58. The van der Waals surface area contributed by atoms with Gasteiger partial charge in [0, 0.05) is 18.7 Å². The number of benzene rings is 1. The molecule has 1 heterocycles. The Bertz CT molecular complexity index is 418. The zero-order valence-corrected chi connectivity index (χ0v) is 10.1. The van der Waals surface area contributed by atoms with E-state index in [2.05, 4.69) is 5.32 Å². The fourth-order valence-electron chi connectivity index (χ4n) is 1.98. The van der Waals surface area contributed by atoms with Gasteiger partial charge in [0.05, 0.1) is 0 Å². The molecule has 1 aromatic carbocycles. The highest BCUT2D eigenvalue weighted by molar-refractivity contribution is 5.94. The van der Waals surface area contributed by atoms with Crippen LogP contribution in [0.5, 0.6) is 0 Å². The summed E-state index contributed by atoms with van der Waals surface area (Å²) in [4.78, 5) is 13.7. The monoisotopic (exact) mass is 236 g/mol. The van der Waals surface area contributed by atoms with Crippen LogP contribution in [-0.2, 0) is 4.79 Å². The number of carbonyl (C=O) groups excluding carboxylic acids is 1. The summed E-state index contributed by atoms with van der Waals surface area (Å²) in [6.45, 7) is 3.72. The van der Waals surface area contributed by atoms with Crippen molar-refractivity contribution in [3.05, 3.63) is 30.1 Å². The Morgan fingerprint density at radius 1 is 1.53 bits per heavy atom. The molecule has 1 aromatic rings. The molecular formula is C13H17FN2O. The zero-order chi connectivity index (χ0) is 12.4. The number of anilines is 1. The van der Waals surface area contributed by atoms with Crippen molar-refractivity contribution in [1.29, 1.82) is 0 Å². The van der Waals surface area contributed by atoms with Crippen molar-refractivity contribution >= 4 is 11.6 Å². The molecule has 0 aliphatic carbocycles. The Balaban J connectivity index is 2.08. The second-order valence-electron chi connectivity index (χ2n) is 4.58. The van der Waals surface area contributed by atoms with Crippen molar-refractivity contribution in [3.63, 3.8) is 0 Å². The van der Waals surface area contributed by atoms with Crippen LogP contribution in [0.25, 0.3) is 0 Å². The lowest BCUT2D eigenvalue weighted by molar-refractivity contribution is -0.123. The molecule has 4 heteroatoms. The van der Waals surface area contributed by atoms with E-state index >= 15 is 0 Å². The van der Waals surface area contributed by atoms with Crippen LogP contribution >= 0.6 is 0 Å². The lowest BCUT2D eigenvalue weighted by Gasteiger charge is -2.33. The SMILES string of the molecule is CC(C(=O)N(C)c1cccc(F)c1)C1CNC1. The van der Waals surface area contributed by atoms with E-state index < -0.39 is 0 Å². The molecule has 3 nitrogen and oxygen atoms in total. The standard InChI is InChI=1S/C13H17FN2O/c1-9(10-7-15-8-10)13(17)16(2)12-5-3-4-11(14)6-12/h3-6,9-10,15H,7-8H2,1-2H3. The van der Waals surface area contributed by atoms with Gasteiger partial charge in [0.2, 0.25) is 5.91 Å². The van der Waals surface area contributed by atoms with Gasteiger partial charge < -0.3 is 10.2 Å². The van der Waals surface area contributed by atoms with Crippen LogP contribution in [0.4, 0.5) is 10.1 Å². The van der Waals surface area contributed by atoms with Crippen molar-refractivity contribution < 1.29 is 9.18 Å². The molecule has 0 spiro atoms. The van der Waals surface area contributed by atoms with Gasteiger partial charge in [-0.2, -0.15) is 0 Å². The molecule has 0 aromatic heterocycles. The van der Waals surface area contributed by atoms with Crippen LogP contribution in [0.3, 0.4) is 0 Å². The Kier molecular flexibility index (Phi) is 3.43. The van der Waals surface area contributed by atoms with Crippen molar-refractivity contribution in [1.82, 2.24) is 5.32 Å². The van der Waals surface area contributed by atoms with Gasteiger partial charge in [-0.25, -0.2) is 4.39 Å². The van der Waals surface area contributed by atoms with Gasteiger partial charge in [-0.05, 0) is 37.2 Å². The Morgan fingerprint density at radius 2 is 2.24 bits per heavy atom. The van der Waals surface area contributed by atoms with Gasteiger partial charge in [0.15, 0.2) is 0 Å². The summed E-state index contributed by atoms with van der Waals surface area (Å²) in [6.07, 6.45) is 0. The highest BCUT2D eigenvalue weighted by Gasteiger charge is 2.30. The average molecular weight is 236 g/mol. The molecule has 1 aliphatic rings. The number of nitrogens with one attached hydrogen (secondary N) is 1. The fourth-order valence-corrected chi connectivity index (χ4v) is 1.98. The fraction of sp³-hybridized carbons (Fsp3) is 0.462. The van der Waals surface area contributed by atoms with Gasteiger partial charge in [-0.3, -0.25) is 4.79 Å². The predicted octanol–water partition coefficient (Wildman–Crippen LogP) is 1.64. The molecule has 1 N–H and O–H groups in total. The third kappa shape index (κ3) is 2.47. The van der Waals surface area contributed by atoms with Crippen LogP contribution in [0, 0.1) is 17.7 Å². The van der Waals surface area contributed by atoms with Gasteiger partial charge >= 0.3 is 0 Å². The maximum atomic E-state index is 13.1. The molecule has 17 heavy (non-hydrogen) atoms. The molecule has 1 amide bonds. The smallest absolute Gasteiger partial charge is 0.229 e. The van der Waals surface area contributed by atoms with E-state index in [-0.39, 0.29) is 17.6 Å². The highest BCUT2D eigenvalue weighted by Crippen LogP contribution is 2.22. The Morgan fingerprint density at radius 3 is 2.76 bits per heavy atom. The maximum absolute atomic E-state index is 13.1. The predicted molar refractivity (Wildman–Crippen MR) is 65.3 cm³/mol. The molecule has 1 atom stereocenters. The number of hydrogen-bond donors (Lipinski definition) is 1. The van der Waals surface area contributed by atoms with Crippen LogP contribution in [0.1, 0.15) is 6.92 Å². The number of hydrogen-bond acceptors (Lipinski definition) is 2. The van der Waals surface area contributed by atoms with E-state index in [4.69, 9.17) is 0 Å². The first kappa shape index (κ1) is 12.0. The van der Waals surface area contributed by atoms with E-state index in [1.807, 2.05) is 6.92 Å². The first-order valence-corrected chi connectivity index (χ1v) is 5.83. The maximum Gasteiger partial charge on any atom is 0.229 e. The van der Waals surface area contributed by atoms with E-state index in [1.165, 1.54) is 17.0 Å². The van der Waals surface area contributed by atoms with Gasteiger partial charge in [-0.1, -0.05) is 13.0 Å². The van der Waals surface area contributed by atoms with Crippen molar-refractivity contribution in [2.24, 2.45) is 11.8 Å². The molecule has 0 saturated carbocycles. The largest absolute Gasteiger partial charge is 0.316 e. The van der Waals surface area contributed by atoms with Crippen LogP contribution in [0.15, 0.2) is 24.3 Å². The molecule has 1 unspecified atom stereocenters. The zero-order valence-electron chi connectivity index (χ0n) is 10.1. The molecule has 1 saturated heterocycles.